The van der Waals surface area contributed by atoms with Crippen molar-refractivity contribution < 1.29 is 24.2 Å². The average Bonchev–Trinajstić information content (AvgIpc) is 2.44. The fourth-order valence-electron chi connectivity index (χ4n) is 2.67. The summed E-state index contributed by atoms with van der Waals surface area (Å²) in [6.07, 6.45) is -0.554. The Kier molecular flexibility index (Phi) is 4.47. The molecule has 114 valence electrons. The first-order valence-electron chi connectivity index (χ1n) is 6.74. The van der Waals surface area contributed by atoms with Gasteiger partial charge >= 0.3 is 5.97 Å². The molecule has 1 aromatic rings. The highest BCUT2D eigenvalue weighted by molar-refractivity contribution is 6.03. The second-order valence-electron chi connectivity index (χ2n) is 5.00. The fourth-order valence-corrected chi connectivity index (χ4v) is 2.67. The van der Waals surface area contributed by atoms with E-state index in [1.165, 1.54) is 11.8 Å². The zero-order chi connectivity index (χ0) is 15.6. The van der Waals surface area contributed by atoms with E-state index < -0.39 is 18.0 Å². The van der Waals surface area contributed by atoms with Crippen LogP contribution in [-0.4, -0.2) is 42.8 Å². The van der Waals surface area contributed by atoms with Crippen LogP contribution in [0.3, 0.4) is 0 Å². The fraction of sp³-hybridized carbons (Fsp3) is 0.467. The lowest BCUT2D eigenvalue weighted by atomic mass is 9.83. The van der Waals surface area contributed by atoms with Crippen LogP contribution < -0.4 is 9.64 Å². The van der Waals surface area contributed by atoms with Crippen molar-refractivity contribution in [2.24, 2.45) is 5.92 Å². The number of rotatable bonds is 5. The molecule has 6 nitrogen and oxygen atoms in total. The molecule has 0 radical (unpaired) electrons. The molecule has 0 saturated carbocycles. The highest BCUT2D eigenvalue weighted by Gasteiger charge is 2.51. The third-order valence-corrected chi connectivity index (χ3v) is 3.66. The lowest BCUT2D eigenvalue weighted by Gasteiger charge is -2.48. The molecule has 1 aliphatic heterocycles. The molecule has 0 aliphatic carbocycles. The van der Waals surface area contributed by atoms with Gasteiger partial charge in [0, 0.05) is 12.6 Å². The van der Waals surface area contributed by atoms with Gasteiger partial charge in [-0.25, -0.2) is 0 Å². The minimum Gasteiger partial charge on any atom is -0.497 e. The summed E-state index contributed by atoms with van der Waals surface area (Å²) in [5, 5.41) is 9.53. The number of benzene rings is 1. The summed E-state index contributed by atoms with van der Waals surface area (Å²) in [6.45, 7) is 2.78. The molecular weight excluding hydrogens is 274 g/mol. The maximum atomic E-state index is 12.3. The van der Waals surface area contributed by atoms with Crippen molar-refractivity contribution in [3.8, 4) is 5.75 Å². The highest BCUT2D eigenvalue weighted by atomic mass is 16.5. The SMILES string of the molecule is COc1ccc(N2C(=O)[C@@H]([C@@H](C)OC(C)=O)[C@@H]2CO)cc1. The summed E-state index contributed by atoms with van der Waals surface area (Å²) >= 11 is 0. The smallest absolute Gasteiger partial charge is 0.302 e. The maximum absolute atomic E-state index is 12.3. The number of ether oxygens (including phenoxy) is 2. The minimum atomic E-state index is -0.554. The molecule has 1 aliphatic rings. The molecule has 2 rings (SSSR count). The van der Waals surface area contributed by atoms with Gasteiger partial charge in [0.1, 0.15) is 11.9 Å². The largest absolute Gasteiger partial charge is 0.497 e. The Hall–Kier alpha value is -2.08. The first-order chi connectivity index (χ1) is 9.99. The van der Waals surface area contributed by atoms with E-state index in [1.54, 1.807) is 38.3 Å². The van der Waals surface area contributed by atoms with Crippen molar-refractivity contribution in [2.75, 3.05) is 18.6 Å². The number of anilines is 1. The molecule has 1 saturated heterocycles. The zero-order valence-corrected chi connectivity index (χ0v) is 12.3. The molecule has 3 atom stereocenters. The van der Waals surface area contributed by atoms with Gasteiger partial charge in [0.2, 0.25) is 5.91 Å². The van der Waals surface area contributed by atoms with E-state index in [2.05, 4.69) is 0 Å². The van der Waals surface area contributed by atoms with Crippen molar-refractivity contribution in [3.63, 3.8) is 0 Å². The molecule has 21 heavy (non-hydrogen) atoms. The molecule has 0 spiro atoms. The quantitative estimate of drug-likeness (QED) is 0.646. The molecule has 1 amide bonds. The van der Waals surface area contributed by atoms with Gasteiger partial charge in [0.25, 0.3) is 0 Å². The molecule has 1 heterocycles. The molecule has 1 fully saturated rings. The minimum absolute atomic E-state index is 0.159. The standard InChI is InChI=1S/C15H19NO5/c1-9(21-10(2)18)14-13(8-17)16(15(14)19)11-4-6-12(20-3)7-5-11/h4-7,9,13-14,17H,8H2,1-3H3/t9-,13+,14+/m1/s1. The summed E-state index contributed by atoms with van der Waals surface area (Å²) in [5.74, 6) is -0.416. The predicted octanol–water partition coefficient (Wildman–Crippen LogP) is 0.970. The monoisotopic (exact) mass is 293 g/mol. The van der Waals surface area contributed by atoms with Crippen molar-refractivity contribution in [3.05, 3.63) is 24.3 Å². The van der Waals surface area contributed by atoms with Crippen molar-refractivity contribution in [2.45, 2.75) is 26.0 Å². The highest BCUT2D eigenvalue weighted by Crippen LogP contribution is 2.36. The van der Waals surface area contributed by atoms with E-state index in [4.69, 9.17) is 9.47 Å². The van der Waals surface area contributed by atoms with Crippen LogP contribution in [0, 0.1) is 5.92 Å². The Labute approximate surface area is 123 Å². The van der Waals surface area contributed by atoms with Crippen molar-refractivity contribution in [1.29, 1.82) is 0 Å². The van der Waals surface area contributed by atoms with Crippen LogP contribution in [0.1, 0.15) is 13.8 Å². The second kappa shape index (κ2) is 6.13. The molecule has 0 unspecified atom stereocenters. The third kappa shape index (κ3) is 2.85. The molecular formula is C15H19NO5. The number of hydrogen-bond acceptors (Lipinski definition) is 5. The normalized spacial score (nSPS) is 22.5. The van der Waals surface area contributed by atoms with Crippen molar-refractivity contribution >= 4 is 17.6 Å². The third-order valence-electron chi connectivity index (χ3n) is 3.66. The lowest BCUT2D eigenvalue weighted by Crippen LogP contribution is -2.66. The molecule has 0 aromatic heterocycles. The molecule has 1 N–H and O–H groups in total. The molecule has 0 bridgehead atoms. The number of β-lactam (4-membered cyclic amide) rings is 1. The summed E-state index contributed by atoms with van der Waals surface area (Å²) in [6, 6.07) is 6.62. The van der Waals surface area contributed by atoms with E-state index in [-0.39, 0.29) is 18.6 Å². The van der Waals surface area contributed by atoms with Gasteiger partial charge in [0.15, 0.2) is 0 Å². The summed E-state index contributed by atoms with van der Waals surface area (Å²) in [4.78, 5) is 24.8. The second-order valence-corrected chi connectivity index (χ2v) is 5.00. The van der Waals surface area contributed by atoms with Gasteiger partial charge in [0.05, 0.1) is 25.7 Å². The van der Waals surface area contributed by atoms with E-state index >= 15 is 0 Å². The number of carbonyl (C=O) groups is 2. The number of amides is 1. The Bertz CT molecular complexity index is 527. The van der Waals surface area contributed by atoms with Crippen LogP contribution in [0.2, 0.25) is 0 Å². The number of carbonyl (C=O) groups excluding carboxylic acids is 2. The predicted molar refractivity (Wildman–Crippen MR) is 76.1 cm³/mol. The van der Waals surface area contributed by atoms with Crippen LogP contribution in [0.15, 0.2) is 24.3 Å². The number of methoxy groups -OCH3 is 1. The Balaban J connectivity index is 2.15. The summed E-state index contributed by atoms with van der Waals surface area (Å²) in [7, 11) is 1.57. The van der Waals surface area contributed by atoms with Crippen LogP contribution in [0.5, 0.6) is 5.75 Å². The molecule has 6 heteroatoms. The van der Waals surface area contributed by atoms with E-state index in [0.717, 1.165) is 0 Å². The Morgan fingerprint density at radius 2 is 2.00 bits per heavy atom. The van der Waals surface area contributed by atoms with E-state index in [0.29, 0.717) is 11.4 Å². The number of nitrogens with zero attached hydrogens (tertiary/aromatic N) is 1. The van der Waals surface area contributed by atoms with Crippen LogP contribution in [-0.2, 0) is 14.3 Å². The lowest BCUT2D eigenvalue weighted by molar-refractivity contribution is -0.154. The first kappa shape index (κ1) is 15.3. The zero-order valence-electron chi connectivity index (χ0n) is 12.3. The van der Waals surface area contributed by atoms with Gasteiger partial charge in [-0.15, -0.1) is 0 Å². The van der Waals surface area contributed by atoms with Crippen LogP contribution in [0.25, 0.3) is 0 Å². The summed E-state index contributed by atoms with van der Waals surface area (Å²) in [5.41, 5.74) is 0.686. The Morgan fingerprint density at radius 3 is 2.48 bits per heavy atom. The Morgan fingerprint density at radius 1 is 1.38 bits per heavy atom. The number of esters is 1. The van der Waals surface area contributed by atoms with Gasteiger partial charge in [-0.3, -0.25) is 9.59 Å². The summed E-state index contributed by atoms with van der Waals surface area (Å²) < 4.78 is 10.1. The first-order valence-corrected chi connectivity index (χ1v) is 6.74. The van der Waals surface area contributed by atoms with Crippen LogP contribution >= 0.6 is 0 Å². The number of aliphatic hydroxyl groups is 1. The van der Waals surface area contributed by atoms with Gasteiger partial charge in [-0.1, -0.05) is 0 Å². The van der Waals surface area contributed by atoms with Crippen molar-refractivity contribution in [1.82, 2.24) is 0 Å². The number of hydrogen-bond donors (Lipinski definition) is 1. The van der Waals surface area contributed by atoms with Gasteiger partial charge in [-0.05, 0) is 31.2 Å². The molecule has 1 aromatic carbocycles. The topological polar surface area (TPSA) is 76.1 Å². The van der Waals surface area contributed by atoms with Crippen LogP contribution in [0.4, 0.5) is 5.69 Å². The van der Waals surface area contributed by atoms with Gasteiger partial charge in [-0.2, -0.15) is 0 Å². The average molecular weight is 293 g/mol. The number of aliphatic hydroxyl groups excluding tert-OH is 1. The maximum Gasteiger partial charge on any atom is 0.302 e. The van der Waals surface area contributed by atoms with E-state index in [9.17, 15) is 14.7 Å². The van der Waals surface area contributed by atoms with E-state index in [1.807, 2.05) is 0 Å². The van der Waals surface area contributed by atoms with Gasteiger partial charge < -0.3 is 19.5 Å².